The molecule has 0 spiro atoms. The number of carbonyl (C=O) groups is 1. The minimum Gasteiger partial charge on any atom is -0.487 e. The summed E-state index contributed by atoms with van der Waals surface area (Å²) in [6.07, 6.45) is -1.85. The van der Waals surface area contributed by atoms with E-state index in [9.17, 15) is 19.4 Å². The molecule has 1 fully saturated rings. The maximum Gasteiger partial charge on any atom is 0.407 e. The van der Waals surface area contributed by atoms with Gasteiger partial charge in [-0.1, -0.05) is 6.07 Å². The Morgan fingerprint density at radius 1 is 1.41 bits per heavy atom. The third kappa shape index (κ3) is 6.05. The molecule has 0 bridgehead atoms. The van der Waals surface area contributed by atoms with Gasteiger partial charge in [-0.15, -0.1) is 0 Å². The van der Waals surface area contributed by atoms with Crippen molar-refractivity contribution in [1.29, 1.82) is 0 Å². The molecular formula is C19H29FN2O5. The fourth-order valence-corrected chi connectivity index (χ4v) is 3.30. The van der Waals surface area contributed by atoms with E-state index in [-0.39, 0.29) is 6.61 Å². The summed E-state index contributed by atoms with van der Waals surface area (Å²) in [4.78, 5) is 13.9. The largest absolute Gasteiger partial charge is 0.487 e. The van der Waals surface area contributed by atoms with Crippen molar-refractivity contribution >= 4 is 6.09 Å². The number of ether oxygens (including phenoxy) is 2. The highest BCUT2D eigenvalue weighted by Crippen LogP contribution is 2.29. The average molecular weight is 384 g/mol. The molecule has 3 N–H and O–H groups in total. The van der Waals surface area contributed by atoms with E-state index in [1.54, 1.807) is 38.8 Å². The number of hydrogen-bond donors (Lipinski definition) is 3. The van der Waals surface area contributed by atoms with Crippen LogP contribution in [0.25, 0.3) is 0 Å². The molecule has 4 atom stereocenters. The van der Waals surface area contributed by atoms with Gasteiger partial charge in [-0.3, -0.25) is 4.90 Å². The molecule has 1 aromatic rings. The van der Waals surface area contributed by atoms with E-state index in [1.165, 1.54) is 18.2 Å². The molecule has 0 heterocycles. The van der Waals surface area contributed by atoms with Crippen LogP contribution in [0.2, 0.25) is 0 Å². The highest BCUT2D eigenvalue weighted by atomic mass is 19.1. The lowest BCUT2D eigenvalue weighted by molar-refractivity contribution is 0.00930. The van der Waals surface area contributed by atoms with Gasteiger partial charge in [-0.05, 0) is 40.0 Å². The van der Waals surface area contributed by atoms with Crippen LogP contribution in [0.15, 0.2) is 24.3 Å². The molecule has 1 saturated carbocycles. The van der Waals surface area contributed by atoms with Crippen molar-refractivity contribution in [3.8, 4) is 5.75 Å². The van der Waals surface area contributed by atoms with Gasteiger partial charge < -0.3 is 25.0 Å². The highest BCUT2D eigenvalue weighted by molar-refractivity contribution is 5.68. The van der Waals surface area contributed by atoms with Gasteiger partial charge in [0.05, 0.1) is 18.7 Å². The van der Waals surface area contributed by atoms with Crippen molar-refractivity contribution in [2.75, 3.05) is 20.2 Å². The molecule has 0 aromatic heterocycles. The van der Waals surface area contributed by atoms with Gasteiger partial charge in [0.25, 0.3) is 0 Å². The first-order chi connectivity index (χ1) is 12.6. The number of aliphatic hydroxyl groups excluding tert-OH is 2. The number of carbonyl (C=O) groups excluding carboxylic acids is 1. The zero-order valence-electron chi connectivity index (χ0n) is 16.2. The zero-order chi connectivity index (χ0) is 20.2. The van der Waals surface area contributed by atoms with Crippen LogP contribution in [-0.4, -0.2) is 71.3 Å². The van der Waals surface area contributed by atoms with Gasteiger partial charge >= 0.3 is 6.09 Å². The first-order valence-corrected chi connectivity index (χ1v) is 9.01. The molecule has 7 nitrogen and oxygen atoms in total. The lowest BCUT2D eigenvalue weighted by Gasteiger charge is -2.32. The third-order valence-electron chi connectivity index (χ3n) is 4.38. The Bertz CT molecular complexity index is 637. The molecule has 1 aliphatic carbocycles. The van der Waals surface area contributed by atoms with Gasteiger partial charge in [0.2, 0.25) is 0 Å². The van der Waals surface area contributed by atoms with E-state index in [1.807, 2.05) is 0 Å². The first-order valence-electron chi connectivity index (χ1n) is 9.01. The van der Waals surface area contributed by atoms with Crippen LogP contribution < -0.4 is 10.1 Å². The Morgan fingerprint density at radius 3 is 2.70 bits per heavy atom. The van der Waals surface area contributed by atoms with E-state index < -0.39 is 41.8 Å². The summed E-state index contributed by atoms with van der Waals surface area (Å²) in [5.74, 6) is -0.127. The monoisotopic (exact) mass is 384 g/mol. The number of nitrogens with zero attached hydrogens (tertiary/aromatic N) is 1. The van der Waals surface area contributed by atoms with E-state index in [4.69, 9.17) is 9.47 Å². The van der Waals surface area contributed by atoms with Gasteiger partial charge in [0.15, 0.2) is 0 Å². The lowest BCUT2D eigenvalue weighted by Crippen LogP contribution is -2.53. The average Bonchev–Trinajstić information content (AvgIpc) is 2.81. The van der Waals surface area contributed by atoms with Crippen molar-refractivity contribution in [3.05, 3.63) is 30.1 Å². The maximum atomic E-state index is 13.4. The second kappa shape index (κ2) is 8.86. The van der Waals surface area contributed by atoms with Gasteiger partial charge in [0.1, 0.15) is 29.4 Å². The molecule has 0 saturated heterocycles. The zero-order valence-corrected chi connectivity index (χ0v) is 16.2. The summed E-state index contributed by atoms with van der Waals surface area (Å²) < 4.78 is 24.5. The second-order valence-electron chi connectivity index (χ2n) is 7.79. The number of likely N-dealkylation sites (N-methyl/N-ethyl adjacent to an activating group) is 1. The number of benzene rings is 1. The van der Waals surface area contributed by atoms with Crippen LogP contribution in [0.5, 0.6) is 5.75 Å². The SMILES string of the molecule is CN(CCO)[C@@H]1[C@@H](O)[C@H](Oc2cccc(F)c2)C[C@H]1NC(=O)OC(C)(C)C. The van der Waals surface area contributed by atoms with E-state index in [0.717, 1.165) is 0 Å². The summed E-state index contributed by atoms with van der Waals surface area (Å²) in [7, 11) is 1.75. The maximum absolute atomic E-state index is 13.4. The van der Waals surface area contributed by atoms with Crippen LogP contribution >= 0.6 is 0 Å². The predicted molar refractivity (Wildman–Crippen MR) is 98.1 cm³/mol. The number of alkyl carbamates (subject to hydrolysis) is 1. The molecule has 8 heteroatoms. The van der Waals surface area contributed by atoms with Crippen LogP contribution in [-0.2, 0) is 4.74 Å². The molecule has 0 aliphatic heterocycles. The van der Waals surface area contributed by atoms with Crippen LogP contribution in [0.1, 0.15) is 27.2 Å². The lowest BCUT2D eigenvalue weighted by atomic mass is 10.1. The van der Waals surface area contributed by atoms with Crippen LogP contribution in [0.3, 0.4) is 0 Å². The van der Waals surface area contributed by atoms with Crippen molar-refractivity contribution in [2.45, 2.75) is 57.1 Å². The smallest absolute Gasteiger partial charge is 0.407 e. The quantitative estimate of drug-likeness (QED) is 0.689. The summed E-state index contributed by atoms with van der Waals surface area (Å²) in [6, 6.07) is 4.75. The van der Waals surface area contributed by atoms with Gasteiger partial charge in [-0.25, -0.2) is 9.18 Å². The molecule has 1 aromatic carbocycles. The van der Waals surface area contributed by atoms with Crippen molar-refractivity contribution in [1.82, 2.24) is 10.2 Å². The van der Waals surface area contributed by atoms with Crippen molar-refractivity contribution < 1.29 is 28.9 Å². The standard InChI is InChI=1S/C19H29FN2O5/c1-19(2,3)27-18(25)21-14-11-15(17(24)16(14)22(4)8-9-23)26-13-7-5-6-12(20)10-13/h5-7,10,14-17,23-24H,8-9,11H2,1-4H3,(H,21,25)/t14-,15-,16+,17+/m1/s1. The highest BCUT2D eigenvalue weighted by Gasteiger charge is 2.46. The minimum absolute atomic E-state index is 0.0890. The minimum atomic E-state index is -0.940. The number of rotatable bonds is 6. The predicted octanol–water partition coefficient (Wildman–Crippen LogP) is 1.52. The fourth-order valence-electron chi connectivity index (χ4n) is 3.30. The Balaban J connectivity index is 2.13. The van der Waals surface area contributed by atoms with Gasteiger partial charge in [-0.2, -0.15) is 0 Å². The van der Waals surface area contributed by atoms with Crippen LogP contribution in [0, 0.1) is 5.82 Å². The topological polar surface area (TPSA) is 91.3 Å². The van der Waals surface area contributed by atoms with Crippen molar-refractivity contribution in [3.63, 3.8) is 0 Å². The molecule has 2 rings (SSSR count). The summed E-state index contributed by atoms with van der Waals surface area (Å²) in [5.41, 5.74) is -0.648. The van der Waals surface area contributed by atoms with Gasteiger partial charge in [0, 0.05) is 19.0 Å². The molecule has 1 amide bonds. The molecule has 0 radical (unpaired) electrons. The second-order valence-corrected chi connectivity index (χ2v) is 7.79. The number of aliphatic hydroxyl groups is 2. The molecule has 1 aliphatic rings. The molecular weight excluding hydrogens is 355 g/mol. The number of nitrogens with one attached hydrogen (secondary N) is 1. The Morgan fingerprint density at radius 2 is 2.11 bits per heavy atom. The van der Waals surface area contributed by atoms with E-state index in [0.29, 0.717) is 18.7 Å². The number of amides is 1. The van der Waals surface area contributed by atoms with Crippen molar-refractivity contribution in [2.24, 2.45) is 0 Å². The Hall–Kier alpha value is -1.90. The van der Waals surface area contributed by atoms with E-state index in [2.05, 4.69) is 5.32 Å². The number of halogens is 1. The summed E-state index contributed by atoms with van der Waals surface area (Å²) >= 11 is 0. The first kappa shape index (κ1) is 21.4. The van der Waals surface area contributed by atoms with E-state index >= 15 is 0 Å². The summed E-state index contributed by atoms with van der Waals surface area (Å²) in [5, 5.41) is 22.8. The summed E-state index contributed by atoms with van der Waals surface area (Å²) in [6.45, 7) is 5.53. The molecule has 27 heavy (non-hydrogen) atoms. The molecule has 152 valence electrons. The third-order valence-corrected chi connectivity index (χ3v) is 4.38. The molecule has 0 unspecified atom stereocenters. The Kier molecular flexibility index (Phi) is 7.02. The number of hydrogen-bond acceptors (Lipinski definition) is 6. The fraction of sp³-hybridized carbons (Fsp3) is 0.632. The van der Waals surface area contributed by atoms with Crippen LogP contribution in [0.4, 0.5) is 9.18 Å². The Labute approximate surface area is 159 Å². The normalized spacial score (nSPS) is 25.5.